The summed E-state index contributed by atoms with van der Waals surface area (Å²) in [6.45, 7) is 0. The highest BCUT2D eigenvalue weighted by molar-refractivity contribution is 7.85. The molecule has 17 heavy (non-hydrogen) atoms. The average molecular weight is 252 g/mol. The Kier molecular flexibility index (Phi) is 4.60. The van der Waals surface area contributed by atoms with Crippen molar-refractivity contribution in [3.05, 3.63) is 35.6 Å². The van der Waals surface area contributed by atoms with Crippen molar-refractivity contribution in [1.29, 1.82) is 0 Å². The molecule has 1 N–H and O–H groups in total. The summed E-state index contributed by atoms with van der Waals surface area (Å²) >= 11 is 0. The first-order chi connectivity index (χ1) is 8.27. The quantitative estimate of drug-likeness (QED) is 0.779. The van der Waals surface area contributed by atoms with E-state index in [9.17, 15) is 9.32 Å². The molecule has 2 rings (SSSR count). The minimum absolute atomic E-state index is 0.371. The summed E-state index contributed by atoms with van der Waals surface area (Å²) in [5, 5.41) is 10.2. The van der Waals surface area contributed by atoms with Crippen LogP contribution in [0.3, 0.4) is 0 Å². The van der Waals surface area contributed by atoms with Crippen LogP contribution in [0.25, 0.3) is 0 Å². The lowest BCUT2D eigenvalue weighted by atomic mass is 10.0. The molecule has 0 saturated heterocycles. The van der Waals surface area contributed by atoms with E-state index in [0.717, 1.165) is 18.4 Å². The molecule has 0 aromatic rings. The largest absolute Gasteiger partial charge is 0.512 e. The van der Waals surface area contributed by atoms with Crippen molar-refractivity contribution in [1.82, 2.24) is 0 Å². The molecule has 0 radical (unpaired) electrons. The van der Waals surface area contributed by atoms with Gasteiger partial charge in [-0.25, -0.2) is 0 Å². The van der Waals surface area contributed by atoms with Crippen molar-refractivity contribution >= 4 is 10.8 Å². The highest BCUT2D eigenvalue weighted by atomic mass is 32.2. The summed E-state index contributed by atoms with van der Waals surface area (Å²) in [5.41, 5.74) is 0.866. The second kappa shape index (κ2) is 6.20. The SMILES string of the molecule is O=S(CCC(O)=C1C=CC=C1)C1CCCCC1. The van der Waals surface area contributed by atoms with Crippen LogP contribution in [0.2, 0.25) is 0 Å². The second-order valence-electron chi connectivity index (χ2n) is 4.72. The zero-order valence-corrected chi connectivity index (χ0v) is 10.9. The lowest BCUT2D eigenvalue weighted by Crippen LogP contribution is -2.21. The number of aliphatic hydroxyl groups is 1. The van der Waals surface area contributed by atoms with E-state index in [0.29, 0.717) is 23.2 Å². The fourth-order valence-electron chi connectivity index (χ4n) is 2.40. The fourth-order valence-corrected chi connectivity index (χ4v) is 3.99. The maximum atomic E-state index is 12.1. The zero-order chi connectivity index (χ0) is 12.1. The topological polar surface area (TPSA) is 37.3 Å². The Balaban J connectivity index is 1.81. The Morgan fingerprint density at radius 3 is 2.53 bits per heavy atom. The van der Waals surface area contributed by atoms with Crippen molar-refractivity contribution in [2.45, 2.75) is 43.8 Å². The molecule has 3 heteroatoms. The zero-order valence-electron chi connectivity index (χ0n) is 10.1. The van der Waals surface area contributed by atoms with Gasteiger partial charge in [-0.05, 0) is 12.8 Å². The number of aliphatic hydroxyl groups excluding tert-OH is 1. The van der Waals surface area contributed by atoms with E-state index in [1.54, 1.807) is 0 Å². The summed E-state index contributed by atoms with van der Waals surface area (Å²) < 4.78 is 12.1. The molecule has 1 unspecified atom stereocenters. The van der Waals surface area contributed by atoms with Gasteiger partial charge in [-0.3, -0.25) is 4.21 Å². The molecule has 94 valence electrons. The van der Waals surface area contributed by atoms with Crippen molar-refractivity contribution in [3.63, 3.8) is 0 Å². The summed E-state index contributed by atoms with van der Waals surface area (Å²) in [6, 6.07) is 0. The van der Waals surface area contributed by atoms with Gasteiger partial charge in [0.2, 0.25) is 0 Å². The van der Waals surface area contributed by atoms with E-state index in [1.165, 1.54) is 19.3 Å². The van der Waals surface area contributed by atoms with Crippen molar-refractivity contribution in [2.24, 2.45) is 0 Å². The molecule has 1 atom stereocenters. The van der Waals surface area contributed by atoms with E-state index < -0.39 is 10.8 Å². The lowest BCUT2D eigenvalue weighted by Gasteiger charge is -2.20. The fraction of sp³-hybridized carbons (Fsp3) is 0.571. The summed E-state index contributed by atoms with van der Waals surface area (Å²) in [4.78, 5) is 0. The maximum absolute atomic E-state index is 12.1. The molecular weight excluding hydrogens is 232 g/mol. The average Bonchev–Trinajstić information content (AvgIpc) is 2.90. The smallest absolute Gasteiger partial charge is 0.100 e. The Hall–Kier alpha value is -0.830. The minimum atomic E-state index is -0.769. The molecule has 1 saturated carbocycles. The van der Waals surface area contributed by atoms with Crippen LogP contribution in [0.1, 0.15) is 38.5 Å². The monoisotopic (exact) mass is 252 g/mol. The molecule has 2 aliphatic rings. The molecule has 0 spiro atoms. The third-order valence-corrected chi connectivity index (χ3v) is 5.28. The van der Waals surface area contributed by atoms with Crippen molar-refractivity contribution in [3.8, 4) is 0 Å². The Morgan fingerprint density at radius 2 is 1.88 bits per heavy atom. The molecular formula is C14H20O2S. The Bertz CT molecular complexity index is 360. The third-order valence-electron chi connectivity index (χ3n) is 3.46. The minimum Gasteiger partial charge on any atom is -0.512 e. The molecule has 0 aromatic heterocycles. The van der Waals surface area contributed by atoms with E-state index in [1.807, 2.05) is 24.3 Å². The summed E-state index contributed by atoms with van der Waals surface area (Å²) in [6.07, 6.45) is 14.0. The van der Waals surface area contributed by atoms with Crippen LogP contribution in [0.5, 0.6) is 0 Å². The van der Waals surface area contributed by atoms with Gasteiger partial charge in [0.15, 0.2) is 0 Å². The van der Waals surface area contributed by atoms with Crippen molar-refractivity contribution in [2.75, 3.05) is 5.75 Å². The highest BCUT2D eigenvalue weighted by Gasteiger charge is 2.19. The molecule has 2 aliphatic carbocycles. The predicted octanol–water partition coefficient (Wildman–Crippen LogP) is 3.40. The Labute approximate surface area is 106 Å². The Morgan fingerprint density at radius 1 is 1.24 bits per heavy atom. The molecule has 0 aliphatic heterocycles. The molecule has 0 heterocycles. The molecule has 0 aromatic carbocycles. The maximum Gasteiger partial charge on any atom is 0.100 e. The number of rotatable bonds is 4. The second-order valence-corrected chi connectivity index (χ2v) is 6.55. The van der Waals surface area contributed by atoms with Crippen LogP contribution in [0.4, 0.5) is 0 Å². The van der Waals surface area contributed by atoms with Gasteiger partial charge in [0.25, 0.3) is 0 Å². The van der Waals surface area contributed by atoms with Crippen LogP contribution >= 0.6 is 0 Å². The van der Waals surface area contributed by atoms with Crippen LogP contribution in [0.15, 0.2) is 35.6 Å². The third kappa shape index (κ3) is 3.56. The first-order valence-electron chi connectivity index (χ1n) is 6.41. The molecule has 0 bridgehead atoms. The first kappa shape index (κ1) is 12.6. The highest BCUT2D eigenvalue weighted by Crippen LogP contribution is 2.23. The number of allylic oxidation sites excluding steroid dienone is 6. The van der Waals surface area contributed by atoms with Crippen LogP contribution in [0, 0.1) is 0 Å². The molecule has 2 nitrogen and oxygen atoms in total. The van der Waals surface area contributed by atoms with E-state index in [-0.39, 0.29) is 0 Å². The standard InChI is InChI=1S/C14H20O2S/c15-14(12-6-4-5-7-12)10-11-17(16)13-8-2-1-3-9-13/h4-7,13,15H,1-3,8-11H2. The van der Waals surface area contributed by atoms with E-state index in [4.69, 9.17) is 0 Å². The van der Waals surface area contributed by atoms with Crippen molar-refractivity contribution < 1.29 is 9.32 Å². The van der Waals surface area contributed by atoms with Gasteiger partial charge in [-0.15, -0.1) is 0 Å². The van der Waals surface area contributed by atoms with Gasteiger partial charge in [-0.1, -0.05) is 43.6 Å². The van der Waals surface area contributed by atoms with Gasteiger partial charge in [-0.2, -0.15) is 0 Å². The number of hydrogen-bond acceptors (Lipinski definition) is 2. The van der Waals surface area contributed by atoms with Gasteiger partial charge in [0.05, 0.1) is 0 Å². The predicted molar refractivity (Wildman–Crippen MR) is 72.4 cm³/mol. The lowest BCUT2D eigenvalue weighted by molar-refractivity contribution is 0.391. The summed E-state index contributed by atoms with van der Waals surface area (Å²) in [7, 11) is -0.769. The van der Waals surface area contributed by atoms with Gasteiger partial charge >= 0.3 is 0 Å². The first-order valence-corrected chi connectivity index (χ1v) is 7.79. The van der Waals surface area contributed by atoms with Crippen LogP contribution < -0.4 is 0 Å². The van der Waals surface area contributed by atoms with E-state index in [2.05, 4.69) is 0 Å². The molecule has 1 fully saturated rings. The number of hydrogen-bond donors (Lipinski definition) is 1. The van der Waals surface area contributed by atoms with Gasteiger partial charge < -0.3 is 5.11 Å². The molecule has 0 amide bonds. The normalized spacial score (nSPS) is 22.0. The van der Waals surface area contributed by atoms with Gasteiger partial charge in [0.1, 0.15) is 5.76 Å². The van der Waals surface area contributed by atoms with Gasteiger partial charge in [0, 0.05) is 33.8 Å². The summed E-state index contributed by atoms with van der Waals surface area (Å²) in [5.74, 6) is 0.973. The van der Waals surface area contributed by atoms with Crippen LogP contribution in [-0.4, -0.2) is 20.3 Å². The van der Waals surface area contributed by atoms with E-state index >= 15 is 0 Å². The van der Waals surface area contributed by atoms with Crippen LogP contribution in [-0.2, 0) is 10.8 Å².